The van der Waals surface area contributed by atoms with E-state index in [1.54, 1.807) is 0 Å². The number of hydrogen-bond acceptors (Lipinski definition) is 13. The second kappa shape index (κ2) is 12.2. The average Bonchev–Trinajstić information content (AvgIpc) is 3.17. The van der Waals surface area contributed by atoms with Gasteiger partial charge in [-0.05, 0) is 24.0 Å². The van der Waals surface area contributed by atoms with E-state index < -0.39 is 85.9 Å². The molecule has 2 bridgehead atoms. The van der Waals surface area contributed by atoms with Gasteiger partial charge in [0.15, 0.2) is 5.79 Å². The van der Waals surface area contributed by atoms with Crippen LogP contribution in [0.5, 0.6) is 0 Å². The van der Waals surface area contributed by atoms with Gasteiger partial charge in [0.1, 0.15) is 18.3 Å². The third-order valence-corrected chi connectivity index (χ3v) is 7.46. The molecule has 0 amide bonds. The first kappa shape index (κ1) is 29.1. The highest BCUT2D eigenvalue weighted by atomic mass is 16.8. The fraction of sp³-hybridized carbons (Fsp3) is 0.571. The van der Waals surface area contributed by atoms with Crippen LogP contribution in [0.15, 0.2) is 42.5 Å². The first-order valence-corrected chi connectivity index (χ1v) is 12.6. The van der Waals surface area contributed by atoms with E-state index in [-0.39, 0.29) is 12.3 Å². The quantitative estimate of drug-likeness (QED) is 0.179. The van der Waals surface area contributed by atoms with Crippen LogP contribution in [-0.2, 0) is 54.0 Å². The predicted octanol–water partition coefficient (Wildman–Crippen LogP) is -0.0307. The van der Waals surface area contributed by atoms with Crippen molar-refractivity contribution in [2.75, 3.05) is 21.3 Å². The van der Waals surface area contributed by atoms with E-state index in [4.69, 9.17) is 17.0 Å². The van der Waals surface area contributed by atoms with Crippen molar-refractivity contribution in [3.63, 3.8) is 0 Å². The predicted molar refractivity (Wildman–Crippen MR) is 138 cm³/mol. The van der Waals surface area contributed by atoms with Crippen LogP contribution in [0.4, 0.5) is 0 Å². The van der Waals surface area contributed by atoms with Gasteiger partial charge in [-0.2, -0.15) is 0 Å². The minimum Gasteiger partial charge on any atom is -0.467 e. The van der Waals surface area contributed by atoms with E-state index >= 15 is 0 Å². The highest BCUT2D eigenvalue weighted by Crippen LogP contribution is 2.55. The molecule has 2 saturated heterocycles. The average molecular weight is 585 g/mol. The standard InChI is InChI=1S/C28H36O13/c1-15(19(39-17(3)29)16(2)14-18-10-8-7-9-11-18)12-13-26-20(30)21(31)28(41-26,25(34)38-6)27(35,24(33)37-5)22(40-26)23(32)36-4/h7-11,16,19-22,30-31,35H,1,12-14H2,2-6H3/t16?,19?,20-,21-,22-,26+,27-,28+/m1/s1/i4T,6T. The minimum absolute atomic E-state index is 0.151. The summed E-state index contributed by atoms with van der Waals surface area (Å²) in [5.41, 5.74) is -5.46. The van der Waals surface area contributed by atoms with Crippen LogP contribution in [0, 0.1) is 5.92 Å². The van der Waals surface area contributed by atoms with E-state index in [1.807, 2.05) is 37.3 Å². The van der Waals surface area contributed by atoms with Crippen molar-refractivity contribution in [2.24, 2.45) is 5.92 Å². The topological polar surface area (TPSA) is 184 Å². The zero-order valence-corrected chi connectivity index (χ0v) is 22.9. The molecule has 0 aromatic heterocycles. The zero-order chi connectivity index (χ0) is 32.2. The highest BCUT2D eigenvalue weighted by Gasteiger charge is 2.85. The molecule has 0 saturated carbocycles. The molecule has 2 aliphatic rings. The third-order valence-electron chi connectivity index (χ3n) is 7.46. The number of rotatable bonds is 11. The molecule has 0 radical (unpaired) electrons. The molecule has 0 aliphatic carbocycles. The molecule has 3 N–H and O–H groups in total. The van der Waals surface area contributed by atoms with Crippen molar-refractivity contribution < 1.29 is 65.7 Å². The maximum Gasteiger partial charge on any atom is 0.345 e. The molecule has 2 heterocycles. The molecule has 41 heavy (non-hydrogen) atoms. The fourth-order valence-electron chi connectivity index (χ4n) is 5.47. The minimum atomic E-state index is -3.50. The highest BCUT2D eigenvalue weighted by molar-refractivity contribution is 5.99. The summed E-state index contributed by atoms with van der Waals surface area (Å²) in [6.07, 6.45) is -8.10. The number of carbonyl (C=O) groups is 4. The first-order valence-electron chi connectivity index (χ1n) is 14.0. The normalized spacial score (nSPS) is 32.5. The Balaban J connectivity index is 2.02. The van der Waals surface area contributed by atoms with Gasteiger partial charge in [0.2, 0.25) is 17.3 Å². The Bertz CT molecular complexity index is 1210. The van der Waals surface area contributed by atoms with E-state index in [0.29, 0.717) is 12.0 Å². The van der Waals surface area contributed by atoms with E-state index in [1.165, 1.54) is 6.92 Å². The van der Waals surface area contributed by atoms with Crippen molar-refractivity contribution in [2.45, 2.75) is 74.5 Å². The van der Waals surface area contributed by atoms with Crippen molar-refractivity contribution in [3.05, 3.63) is 48.0 Å². The molecule has 13 nitrogen and oxygen atoms in total. The van der Waals surface area contributed by atoms with Crippen LogP contribution in [-0.4, -0.2) is 102 Å². The SMILES string of the molecule is [3H]COC(=O)[C@H]1O[C@@]2(CCC(=C)C(OC(C)=O)C(C)Cc3ccccc3)O[C@](C(=O)OC[3H])([C@H](O)[C@H]2O)[C@]1(O)C(=O)OC. The van der Waals surface area contributed by atoms with Crippen molar-refractivity contribution in [1.82, 2.24) is 0 Å². The summed E-state index contributed by atoms with van der Waals surface area (Å²) in [5.74, 6) is -8.25. The number of carbonyl (C=O) groups excluding carboxylic acids is 4. The lowest BCUT2D eigenvalue weighted by Crippen LogP contribution is -2.78. The van der Waals surface area contributed by atoms with Gasteiger partial charge >= 0.3 is 23.9 Å². The lowest BCUT2D eigenvalue weighted by molar-refractivity contribution is -0.374. The van der Waals surface area contributed by atoms with Gasteiger partial charge in [-0.3, -0.25) is 4.79 Å². The van der Waals surface area contributed by atoms with Gasteiger partial charge in [-0.15, -0.1) is 0 Å². The smallest absolute Gasteiger partial charge is 0.345 e. The largest absolute Gasteiger partial charge is 0.467 e. The van der Waals surface area contributed by atoms with E-state index in [9.17, 15) is 34.5 Å². The number of esters is 4. The maximum absolute atomic E-state index is 13.2. The Kier molecular flexibility index (Phi) is 8.71. The zero-order valence-electron chi connectivity index (χ0n) is 24.9. The summed E-state index contributed by atoms with van der Waals surface area (Å²) >= 11 is 0. The number of aliphatic hydroxyl groups is 3. The number of methoxy groups -OCH3 is 3. The third kappa shape index (κ3) is 5.35. The Morgan fingerprint density at radius 3 is 2.32 bits per heavy atom. The van der Waals surface area contributed by atoms with Gasteiger partial charge in [0, 0.05) is 19.3 Å². The number of fused-ring (bicyclic) bond motifs is 2. The Labute approximate surface area is 239 Å². The van der Waals surface area contributed by atoms with E-state index in [0.717, 1.165) is 12.7 Å². The molecule has 13 heteroatoms. The van der Waals surface area contributed by atoms with Crippen LogP contribution in [0.2, 0.25) is 0 Å². The van der Waals surface area contributed by atoms with E-state index in [2.05, 4.69) is 20.8 Å². The Hall–Kier alpha value is -3.36. The summed E-state index contributed by atoms with van der Waals surface area (Å²) in [7, 11) is -1.24. The molecular formula is C28H36O13. The first-order chi connectivity index (χ1) is 20.2. The lowest BCUT2D eigenvalue weighted by atomic mass is 9.74. The second-order valence-corrected chi connectivity index (χ2v) is 10.0. The van der Waals surface area contributed by atoms with Gasteiger partial charge in [0.05, 0.1) is 24.0 Å². The Morgan fingerprint density at radius 2 is 1.73 bits per heavy atom. The summed E-state index contributed by atoms with van der Waals surface area (Å²) in [5, 5.41) is 34.0. The molecular weight excluding hydrogens is 544 g/mol. The van der Waals surface area contributed by atoms with Crippen molar-refractivity contribution in [1.29, 1.82) is 0 Å². The molecule has 0 spiro atoms. The van der Waals surface area contributed by atoms with Gasteiger partial charge in [0.25, 0.3) is 0 Å². The van der Waals surface area contributed by atoms with Crippen LogP contribution < -0.4 is 0 Å². The summed E-state index contributed by atoms with van der Waals surface area (Å²) < 4.78 is 45.4. The summed E-state index contributed by atoms with van der Waals surface area (Å²) in [6, 6.07) is 9.37. The van der Waals surface area contributed by atoms with Crippen LogP contribution >= 0.6 is 0 Å². The number of aliphatic hydroxyl groups excluding tert-OH is 2. The molecule has 2 unspecified atom stereocenters. The molecule has 3 rings (SSSR count). The second-order valence-electron chi connectivity index (χ2n) is 10.0. The lowest BCUT2D eigenvalue weighted by Gasteiger charge is -2.49. The molecule has 1 aromatic rings. The molecule has 8 atom stereocenters. The molecule has 1 aromatic carbocycles. The number of benzene rings is 1. The van der Waals surface area contributed by atoms with Crippen LogP contribution in [0.25, 0.3) is 0 Å². The number of ether oxygens (including phenoxy) is 6. The van der Waals surface area contributed by atoms with Crippen LogP contribution in [0.1, 0.15) is 35.0 Å². The van der Waals surface area contributed by atoms with Crippen LogP contribution in [0.3, 0.4) is 0 Å². The van der Waals surface area contributed by atoms with Gasteiger partial charge in [-0.25, -0.2) is 14.4 Å². The Morgan fingerprint density at radius 1 is 1.07 bits per heavy atom. The fourth-order valence-corrected chi connectivity index (χ4v) is 5.47. The van der Waals surface area contributed by atoms with Crippen molar-refractivity contribution >= 4 is 23.9 Å². The molecule has 226 valence electrons. The van der Waals surface area contributed by atoms with Gasteiger partial charge < -0.3 is 43.7 Å². The van der Waals surface area contributed by atoms with Gasteiger partial charge in [-0.1, -0.05) is 43.8 Å². The molecule has 2 fully saturated rings. The summed E-state index contributed by atoms with van der Waals surface area (Å²) in [4.78, 5) is 51.1. The monoisotopic (exact) mass is 584 g/mol. The maximum atomic E-state index is 13.2. The number of hydrogen-bond donors (Lipinski definition) is 3. The summed E-state index contributed by atoms with van der Waals surface area (Å²) in [6.45, 7) is 7.08. The van der Waals surface area contributed by atoms with Crippen molar-refractivity contribution in [3.8, 4) is 0 Å². The molecule has 2 aliphatic heterocycles.